The fourth-order valence-electron chi connectivity index (χ4n) is 2.25. The largest absolute Gasteiger partial charge is 0.310 e. The molecule has 0 saturated carbocycles. The minimum Gasteiger partial charge on any atom is -0.310 e. The van der Waals surface area contributed by atoms with Crippen LogP contribution in [0.4, 0.5) is 4.39 Å². The fourth-order valence-corrected chi connectivity index (χ4v) is 2.94. The lowest BCUT2D eigenvalue weighted by Crippen LogP contribution is -2.24. The van der Waals surface area contributed by atoms with Crippen LogP contribution in [0.3, 0.4) is 0 Å². The minimum absolute atomic E-state index is 0.172. The zero-order valence-electron chi connectivity index (χ0n) is 11.9. The van der Waals surface area contributed by atoms with Crippen LogP contribution in [0.1, 0.15) is 30.5 Å². The van der Waals surface area contributed by atoms with Gasteiger partial charge in [-0.25, -0.2) is 4.39 Å². The quantitative estimate of drug-likeness (QED) is 0.623. The number of nitrogens with one attached hydrogen (secondary N) is 1. The lowest BCUT2D eigenvalue weighted by Gasteiger charge is -2.19. The van der Waals surface area contributed by atoms with Gasteiger partial charge in [0.2, 0.25) is 0 Å². The summed E-state index contributed by atoms with van der Waals surface area (Å²) in [4.78, 5) is 0. The van der Waals surface area contributed by atoms with Crippen LogP contribution < -0.4 is 5.32 Å². The molecule has 112 valence electrons. The van der Waals surface area contributed by atoms with Crippen LogP contribution in [-0.2, 0) is 6.42 Å². The Labute approximate surface area is 144 Å². The summed E-state index contributed by atoms with van der Waals surface area (Å²) in [6.07, 6.45) is 1.81. The third-order valence-corrected chi connectivity index (χ3v) is 4.29. The van der Waals surface area contributed by atoms with Crippen LogP contribution in [0.25, 0.3) is 0 Å². The van der Waals surface area contributed by atoms with Crippen molar-refractivity contribution in [2.24, 2.45) is 0 Å². The first kappa shape index (κ1) is 16.7. The summed E-state index contributed by atoms with van der Waals surface area (Å²) in [6, 6.07) is 13.6. The second kappa shape index (κ2) is 8.11. The Morgan fingerprint density at radius 1 is 1.24 bits per heavy atom. The first-order chi connectivity index (χ1) is 10.1. The standard InChI is InChI=1S/C17H18ClFIN/c1-2-8-21-17(13-4-3-5-14(20)11-13)10-12-6-7-15(18)16(19)9-12/h3-7,9,11,17,21H,2,8,10H2,1H3. The summed E-state index contributed by atoms with van der Waals surface area (Å²) in [5, 5.41) is 3.71. The van der Waals surface area contributed by atoms with E-state index in [4.69, 9.17) is 11.6 Å². The van der Waals surface area contributed by atoms with E-state index >= 15 is 0 Å². The average Bonchev–Trinajstić information content (AvgIpc) is 2.47. The van der Waals surface area contributed by atoms with E-state index in [1.807, 2.05) is 6.07 Å². The van der Waals surface area contributed by atoms with Gasteiger partial charge in [-0.1, -0.05) is 36.7 Å². The molecule has 1 nitrogen and oxygen atoms in total. The highest BCUT2D eigenvalue weighted by molar-refractivity contribution is 14.1. The third-order valence-electron chi connectivity index (χ3n) is 3.32. The van der Waals surface area contributed by atoms with Gasteiger partial charge in [0.25, 0.3) is 0 Å². The molecule has 2 rings (SSSR count). The van der Waals surface area contributed by atoms with Crippen molar-refractivity contribution in [3.8, 4) is 0 Å². The zero-order valence-corrected chi connectivity index (χ0v) is 14.8. The molecule has 2 aromatic carbocycles. The van der Waals surface area contributed by atoms with Gasteiger partial charge in [-0.05, 0) is 77.4 Å². The Kier molecular flexibility index (Phi) is 6.45. The predicted molar refractivity (Wildman–Crippen MR) is 95.3 cm³/mol. The fraction of sp³-hybridized carbons (Fsp3) is 0.294. The van der Waals surface area contributed by atoms with Gasteiger partial charge < -0.3 is 5.32 Å². The maximum absolute atomic E-state index is 13.6. The number of benzene rings is 2. The Bertz CT molecular complexity index is 603. The Morgan fingerprint density at radius 2 is 2.05 bits per heavy atom. The molecule has 0 bridgehead atoms. The molecule has 0 saturated heterocycles. The average molecular weight is 418 g/mol. The first-order valence-electron chi connectivity index (χ1n) is 7.03. The molecule has 0 aliphatic rings. The van der Waals surface area contributed by atoms with Crippen LogP contribution in [0, 0.1) is 9.39 Å². The van der Waals surface area contributed by atoms with Gasteiger partial charge in [0, 0.05) is 9.61 Å². The van der Waals surface area contributed by atoms with Gasteiger partial charge in [-0.3, -0.25) is 0 Å². The molecule has 21 heavy (non-hydrogen) atoms. The summed E-state index contributed by atoms with van der Waals surface area (Å²) in [5.41, 5.74) is 2.18. The summed E-state index contributed by atoms with van der Waals surface area (Å²) >= 11 is 8.06. The smallest absolute Gasteiger partial charge is 0.142 e. The highest BCUT2D eigenvalue weighted by Gasteiger charge is 2.13. The molecule has 1 atom stereocenters. The van der Waals surface area contributed by atoms with Crippen molar-refractivity contribution in [1.29, 1.82) is 0 Å². The van der Waals surface area contributed by atoms with Crippen molar-refractivity contribution in [3.63, 3.8) is 0 Å². The van der Waals surface area contributed by atoms with Crippen LogP contribution >= 0.6 is 34.2 Å². The van der Waals surface area contributed by atoms with E-state index in [0.29, 0.717) is 0 Å². The van der Waals surface area contributed by atoms with E-state index in [-0.39, 0.29) is 16.9 Å². The molecule has 0 aliphatic carbocycles. The Morgan fingerprint density at radius 3 is 2.71 bits per heavy atom. The number of rotatable bonds is 6. The van der Waals surface area contributed by atoms with Gasteiger partial charge in [0.05, 0.1) is 5.02 Å². The zero-order chi connectivity index (χ0) is 15.2. The normalized spacial score (nSPS) is 12.4. The van der Waals surface area contributed by atoms with E-state index in [1.165, 1.54) is 15.2 Å². The highest BCUT2D eigenvalue weighted by atomic mass is 127. The monoisotopic (exact) mass is 417 g/mol. The molecular formula is C17H18ClFIN. The maximum atomic E-state index is 13.6. The van der Waals surface area contributed by atoms with Crippen molar-refractivity contribution in [2.45, 2.75) is 25.8 Å². The molecule has 4 heteroatoms. The molecule has 0 fully saturated rings. The molecule has 1 unspecified atom stereocenters. The molecule has 0 heterocycles. The lowest BCUT2D eigenvalue weighted by molar-refractivity contribution is 0.527. The minimum atomic E-state index is -0.356. The van der Waals surface area contributed by atoms with E-state index in [1.54, 1.807) is 6.07 Å². The molecule has 0 aromatic heterocycles. The summed E-state index contributed by atoms with van der Waals surface area (Å²) in [5.74, 6) is -0.356. The van der Waals surface area contributed by atoms with Crippen molar-refractivity contribution < 1.29 is 4.39 Å². The predicted octanol–water partition coefficient (Wildman–Crippen LogP) is 5.37. The van der Waals surface area contributed by atoms with E-state index in [2.05, 4.69) is 59.1 Å². The molecule has 0 amide bonds. The topological polar surface area (TPSA) is 12.0 Å². The Hall–Kier alpha value is -0.650. The third kappa shape index (κ3) is 4.94. The van der Waals surface area contributed by atoms with Gasteiger partial charge in [0.1, 0.15) is 5.82 Å². The molecule has 2 aromatic rings. The van der Waals surface area contributed by atoms with Crippen LogP contribution in [0.15, 0.2) is 42.5 Å². The molecular weight excluding hydrogens is 400 g/mol. The number of hydrogen-bond donors (Lipinski definition) is 1. The number of halogens is 3. The van der Waals surface area contributed by atoms with Crippen molar-refractivity contribution in [2.75, 3.05) is 6.54 Å². The van der Waals surface area contributed by atoms with E-state index < -0.39 is 0 Å². The highest BCUT2D eigenvalue weighted by Crippen LogP contribution is 2.23. The van der Waals surface area contributed by atoms with E-state index in [9.17, 15) is 4.39 Å². The first-order valence-corrected chi connectivity index (χ1v) is 8.48. The van der Waals surface area contributed by atoms with E-state index in [0.717, 1.165) is 24.9 Å². The van der Waals surface area contributed by atoms with Crippen molar-refractivity contribution >= 4 is 34.2 Å². The van der Waals surface area contributed by atoms with Crippen molar-refractivity contribution in [3.05, 3.63) is 68.0 Å². The molecule has 0 aliphatic heterocycles. The maximum Gasteiger partial charge on any atom is 0.142 e. The van der Waals surface area contributed by atoms with Gasteiger partial charge in [0.15, 0.2) is 0 Å². The summed E-state index contributed by atoms with van der Waals surface area (Å²) < 4.78 is 14.8. The number of hydrogen-bond acceptors (Lipinski definition) is 1. The van der Waals surface area contributed by atoms with Crippen molar-refractivity contribution in [1.82, 2.24) is 5.32 Å². The van der Waals surface area contributed by atoms with Crippen LogP contribution in [0.2, 0.25) is 5.02 Å². The molecule has 0 radical (unpaired) electrons. The second-order valence-corrected chi connectivity index (χ2v) is 6.67. The van der Waals surface area contributed by atoms with Crippen LogP contribution in [0.5, 0.6) is 0 Å². The van der Waals surface area contributed by atoms with Gasteiger partial charge in [-0.15, -0.1) is 0 Å². The Balaban J connectivity index is 2.21. The summed E-state index contributed by atoms with van der Waals surface area (Å²) in [6.45, 7) is 3.08. The lowest BCUT2D eigenvalue weighted by atomic mass is 9.98. The molecule has 1 N–H and O–H groups in total. The molecule has 0 spiro atoms. The van der Waals surface area contributed by atoms with Gasteiger partial charge >= 0.3 is 0 Å². The van der Waals surface area contributed by atoms with Gasteiger partial charge in [-0.2, -0.15) is 0 Å². The second-order valence-electron chi connectivity index (χ2n) is 5.01. The van der Waals surface area contributed by atoms with Crippen LogP contribution in [-0.4, -0.2) is 6.54 Å². The SMILES string of the molecule is CCCNC(Cc1ccc(Cl)c(F)c1)c1cccc(I)c1. The summed E-state index contributed by atoms with van der Waals surface area (Å²) in [7, 11) is 0.